The topological polar surface area (TPSA) is 54.3 Å². The molecule has 0 radical (unpaired) electrons. The molecule has 0 saturated carbocycles. The van der Waals surface area contributed by atoms with E-state index >= 15 is 0 Å². The van der Waals surface area contributed by atoms with Crippen molar-refractivity contribution in [2.75, 3.05) is 5.32 Å². The van der Waals surface area contributed by atoms with Crippen LogP contribution in [0.1, 0.15) is 51.1 Å². The third-order valence-corrected chi connectivity index (χ3v) is 6.95. The van der Waals surface area contributed by atoms with Crippen LogP contribution in [0, 0.1) is 6.92 Å². The van der Waals surface area contributed by atoms with Crippen LogP contribution < -0.4 is 10.6 Å². The summed E-state index contributed by atoms with van der Waals surface area (Å²) in [5.74, 6) is 1.41. The predicted molar refractivity (Wildman–Crippen MR) is 109 cm³/mol. The SMILES string of the molecule is Cc1ccc(-c2ccc([C@H]3NC(=O)c4c(sc5c4CCCC5)N3)o2)cc1Cl. The minimum absolute atomic E-state index is 0.00974. The Hall–Kier alpha value is -2.24. The Morgan fingerprint density at radius 3 is 2.85 bits per heavy atom. The van der Waals surface area contributed by atoms with Crippen molar-refractivity contribution >= 4 is 33.8 Å². The first-order valence-electron chi connectivity index (χ1n) is 9.18. The van der Waals surface area contributed by atoms with Crippen molar-refractivity contribution in [3.63, 3.8) is 0 Å². The van der Waals surface area contributed by atoms with E-state index in [9.17, 15) is 4.79 Å². The lowest BCUT2D eigenvalue weighted by Gasteiger charge is -2.25. The third kappa shape index (κ3) is 2.86. The lowest BCUT2D eigenvalue weighted by molar-refractivity contribution is 0.0930. The van der Waals surface area contributed by atoms with Gasteiger partial charge in [-0.25, -0.2) is 0 Å². The molecule has 2 aliphatic rings. The van der Waals surface area contributed by atoms with Gasteiger partial charge in [0.1, 0.15) is 16.5 Å². The number of benzene rings is 1. The number of amides is 1. The van der Waals surface area contributed by atoms with Gasteiger partial charge in [0, 0.05) is 15.5 Å². The number of furan rings is 1. The van der Waals surface area contributed by atoms with Gasteiger partial charge in [-0.2, -0.15) is 0 Å². The summed E-state index contributed by atoms with van der Waals surface area (Å²) in [5.41, 5.74) is 4.02. The fourth-order valence-corrected chi connectivity index (χ4v) is 5.33. The zero-order valence-electron chi connectivity index (χ0n) is 14.9. The summed E-state index contributed by atoms with van der Waals surface area (Å²) in [6.07, 6.45) is 4.08. The molecular formula is C21H19ClN2O2S. The number of hydrogen-bond donors (Lipinski definition) is 2. The molecule has 1 aliphatic heterocycles. The van der Waals surface area contributed by atoms with Crippen molar-refractivity contribution < 1.29 is 9.21 Å². The molecule has 0 spiro atoms. The zero-order valence-corrected chi connectivity index (χ0v) is 16.5. The Bertz CT molecular complexity index is 1050. The van der Waals surface area contributed by atoms with E-state index in [-0.39, 0.29) is 12.1 Å². The Balaban J connectivity index is 1.45. The lowest BCUT2D eigenvalue weighted by atomic mass is 9.94. The summed E-state index contributed by atoms with van der Waals surface area (Å²) >= 11 is 7.95. The molecule has 3 aromatic rings. The molecule has 138 valence electrons. The molecule has 0 fully saturated rings. The molecule has 0 unspecified atom stereocenters. The van der Waals surface area contributed by atoms with E-state index in [1.807, 2.05) is 37.3 Å². The second-order valence-electron chi connectivity index (χ2n) is 7.13. The van der Waals surface area contributed by atoms with Crippen LogP contribution in [-0.4, -0.2) is 5.91 Å². The predicted octanol–water partition coefficient (Wildman–Crippen LogP) is 5.70. The number of anilines is 1. The maximum absolute atomic E-state index is 12.8. The monoisotopic (exact) mass is 398 g/mol. The van der Waals surface area contributed by atoms with Crippen molar-refractivity contribution in [1.29, 1.82) is 0 Å². The van der Waals surface area contributed by atoms with Gasteiger partial charge in [-0.1, -0.05) is 23.7 Å². The fraction of sp³-hybridized carbons (Fsp3) is 0.286. The van der Waals surface area contributed by atoms with E-state index in [1.165, 1.54) is 16.9 Å². The zero-order chi connectivity index (χ0) is 18.5. The second kappa shape index (κ2) is 6.43. The quantitative estimate of drug-likeness (QED) is 0.581. The van der Waals surface area contributed by atoms with Crippen LogP contribution in [-0.2, 0) is 12.8 Å². The molecule has 1 atom stereocenters. The van der Waals surface area contributed by atoms with E-state index in [4.69, 9.17) is 16.0 Å². The summed E-state index contributed by atoms with van der Waals surface area (Å²) in [4.78, 5) is 14.1. The molecule has 1 aliphatic carbocycles. The van der Waals surface area contributed by atoms with Crippen LogP contribution in [0.3, 0.4) is 0 Å². The van der Waals surface area contributed by atoms with E-state index in [0.29, 0.717) is 10.8 Å². The van der Waals surface area contributed by atoms with Gasteiger partial charge in [0.15, 0.2) is 6.17 Å². The summed E-state index contributed by atoms with van der Waals surface area (Å²) in [5, 5.41) is 8.18. The highest BCUT2D eigenvalue weighted by Crippen LogP contribution is 2.42. The number of hydrogen-bond acceptors (Lipinski definition) is 4. The van der Waals surface area contributed by atoms with Crippen LogP contribution in [0.15, 0.2) is 34.7 Å². The molecule has 0 saturated heterocycles. The molecule has 3 heterocycles. The molecule has 0 bridgehead atoms. The Kier molecular flexibility index (Phi) is 4.02. The summed E-state index contributed by atoms with van der Waals surface area (Å²) < 4.78 is 6.04. The number of nitrogens with one attached hydrogen (secondary N) is 2. The molecule has 27 heavy (non-hydrogen) atoms. The number of carbonyl (C=O) groups is 1. The smallest absolute Gasteiger partial charge is 0.256 e. The Morgan fingerprint density at radius 2 is 2.00 bits per heavy atom. The molecule has 1 amide bonds. The number of fused-ring (bicyclic) bond motifs is 3. The van der Waals surface area contributed by atoms with Gasteiger partial charge >= 0.3 is 0 Å². The van der Waals surface area contributed by atoms with Crippen LogP contribution in [0.4, 0.5) is 5.00 Å². The molecule has 1 aromatic carbocycles. The van der Waals surface area contributed by atoms with Gasteiger partial charge in [-0.15, -0.1) is 11.3 Å². The van der Waals surface area contributed by atoms with E-state index in [2.05, 4.69) is 10.6 Å². The fourth-order valence-electron chi connectivity index (χ4n) is 3.83. The van der Waals surface area contributed by atoms with Gasteiger partial charge in [0.05, 0.1) is 5.56 Å². The molecule has 2 N–H and O–H groups in total. The van der Waals surface area contributed by atoms with Gasteiger partial charge in [-0.05, 0) is 61.9 Å². The summed E-state index contributed by atoms with van der Waals surface area (Å²) in [6.45, 7) is 1.97. The average molecular weight is 399 g/mol. The third-order valence-electron chi connectivity index (χ3n) is 5.32. The number of rotatable bonds is 2. The van der Waals surface area contributed by atoms with Gasteiger partial charge in [-0.3, -0.25) is 4.79 Å². The highest BCUT2D eigenvalue weighted by Gasteiger charge is 2.33. The standard InChI is InChI=1S/C21H19ClN2O2S/c1-11-6-7-12(10-14(11)22)15-8-9-16(26-15)19-23-20(25)18-13-4-2-3-5-17(13)27-21(18)24-19/h6-10,19,24H,2-5H2,1H3,(H,23,25)/t19-/m0/s1. The van der Waals surface area contributed by atoms with Crippen LogP contribution in [0.5, 0.6) is 0 Å². The van der Waals surface area contributed by atoms with Crippen LogP contribution in [0.25, 0.3) is 11.3 Å². The lowest BCUT2D eigenvalue weighted by Crippen LogP contribution is -2.38. The first-order valence-corrected chi connectivity index (χ1v) is 10.4. The number of halogens is 1. The van der Waals surface area contributed by atoms with Crippen LogP contribution >= 0.6 is 22.9 Å². The highest BCUT2D eigenvalue weighted by molar-refractivity contribution is 7.16. The van der Waals surface area contributed by atoms with E-state index in [1.54, 1.807) is 11.3 Å². The minimum Gasteiger partial charge on any atom is -0.457 e. The van der Waals surface area contributed by atoms with Gasteiger partial charge < -0.3 is 15.1 Å². The Morgan fingerprint density at radius 1 is 1.15 bits per heavy atom. The minimum atomic E-state index is -0.361. The van der Waals surface area contributed by atoms with Gasteiger partial charge in [0.2, 0.25) is 0 Å². The van der Waals surface area contributed by atoms with Crippen molar-refractivity contribution in [1.82, 2.24) is 5.32 Å². The van der Waals surface area contributed by atoms with Crippen molar-refractivity contribution in [3.8, 4) is 11.3 Å². The largest absolute Gasteiger partial charge is 0.457 e. The molecule has 4 nitrogen and oxygen atoms in total. The molecule has 6 heteroatoms. The number of thiophene rings is 1. The summed E-state index contributed by atoms with van der Waals surface area (Å²) in [7, 11) is 0. The van der Waals surface area contributed by atoms with E-state index in [0.717, 1.165) is 46.7 Å². The molecule has 5 rings (SSSR count). The average Bonchev–Trinajstić information content (AvgIpc) is 3.28. The van der Waals surface area contributed by atoms with E-state index < -0.39 is 0 Å². The van der Waals surface area contributed by atoms with Crippen LogP contribution in [0.2, 0.25) is 5.02 Å². The number of carbonyl (C=O) groups excluding carboxylic acids is 1. The highest BCUT2D eigenvalue weighted by atomic mass is 35.5. The normalized spacial score (nSPS) is 18.4. The van der Waals surface area contributed by atoms with Crippen molar-refractivity contribution in [2.45, 2.75) is 38.8 Å². The second-order valence-corrected chi connectivity index (χ2v) is 8.64. The maximum Gasteiger partial charge on any atom is 0.256 e. The summed E-state index contributed by atoms with van der Waals surface area (Å²) in [6, 6.07) is 9.68. The van der Waals surface area contributed by atoms with Gasteiger partial charge in [0.25, 0.3) is 5.91 Å². The van der Waals surface area contributed by atoms with Crippen molar-refractivity contribution in [2.24, 2.45) is 0 Å². The maximum atomic E-state index is 12.8. The first kappa shape index (κ1) is 16.9. The first-order chi connectivity index (χ1) is 13.1. The molecule has 2 aromatic heterocycles. The van der Waals surface area contributed by atoms with Crippen molar-refractivity contribution in [3.05, 3.63) is 62.7 Å². The molecular weight excluding hydrogens is 380 g/mol. The Labute approximate surface area is 166 Å². The number of aryl methyl sites for hydroxylation is 2.